The van der Waals surface area contributed by atoms with E-state index in [0.717, 1.165) is 19.5 Å². The van der Waals surface area contributed by atoms with E-state index in [1.807, 2.05) is 0 Å². The number of carbonyl (C=O) groups is 1. The number of amides is 1. The summed E-state index contributed by atoms with van der Waals surface area (Å²) in [6.45, 7) is 2.09. The third kappa shape index (κ3) is 2.48. The zero-order valence-electron chi connectivity index (χ0n) is 6.47. The summed E-state index contributed by atoms with van der Waals surface area (Å²) in [5.74, 6) is 0.172. The van der Waals surface area contributed by atoms with Gasteiger partial charge in [-0.1, -0.05) is 0 Å². The monoisotopic (exact) mass is 158 g/mol. The van der Waals surface area contributed by atoms with Crippen molar-refractivity contribution in [2.24, 2.45) is 5.92 Å². The second-order valence-electron chi connectivity index (χ2n) is 2.70. The van der Waals surface area contributed by atoms with Crippen molar-refractivity contribution in [1.82, 2.24) is 10.6 Å². The lowest BCUT2D eigenvalue weighted by atomic mass is 10.1. The van der Waals surface area contributed by atoms with E-state index in [9.17, 15) is 4.79 Å². The van der Waals surface area contributed by atoms with Crippen LogP contribution in [0.4, 0.5) is 0 Å². The van der Waals surface area contributed by atoms with Gasteiger partial charge >= 0.3 is 0 Å². The van der Waals surface area contributed by atoms with Crippen molar-refractivity contribution >= 4 is 5.91 Å². The van der Waals surface area contributed by atoms with Crippen LogP contribution in [0.3, 0.4) is 0 Å². The Labute approximate surface area is 66.0 Å². The van der Waals surface area contributed by atoms with Gasteiger partial charge in [-0.3, -0.25) is 4.79 Å². The highest BCUT2D eigenvalue weighted by atomic mass is 16.3. The number of aliphatic hydroxyl groups is 1. The molecule has 0 saturated carbocycles. The van der Waals surface area contributed by atoms with Gasteiger partial charge < -0.3 is 15.7 Å². The standard InChI is InChI=1S/C7H14N2O2/c10-4-3-9-7(11)6-1-2-8-5-6/h6,8,10H,1-5H2,(H,9,11)/t6-/m0/s1. The van der Waals surface area contributed by atoms with Gasteiger partial charge in [-0.25, -0.2) is 0 Å². The van der Waals surface area contributed by atoms with Crippen molar-refractivity contribution in [2.45, 2.75) is 6.42 Å². The van der Waals surface area contributed by atoms with Crippen LogP contribution in [-0.2, 0) is 4.79 Å². The summed E-state index contributed by atoms with van der Waals surface area (Å²) in [5, 5.41) is 14.2. The lowest BCUT2D eigenvalue weighted by molar-refractivity contribution is -0.124. The highest BCUT2D eigenvalue weighted by Crippen LogP contribution is 2.06. The summed E-state index contributed by atoms with van der Waals surface area (Å²) < 4.78 is 0. The smallest absolute Gasteiger partial charge is 0.224 e. The molecule has 0 aromatic rings. The molecule has 1 aliphatic heterocycles. The Kier molecular flexibility index (Phi) is 3.32. The predicted molar refractivity (Wildman–Crippen MR) is 41.1 cm³/mol. The number of hydrogen-bond donors (Lipinski definition) is 3. The average molecular weight is 158 g/mol. The number of rotatable bonds is 3. The fraction of sp³-hybridized carbons (Fsp3) is 0.857. The molecule has 4 nitrogen and oxygen atoms in total. The van der Waals surface area contributed by atoms with Crippen LogP contribution in [0.25, 0.3) is 0 Å². The van der Waals surface area contributed by atoms with Crippen LogP contribution in [-0.4, -0.2) is 37.3 Å². The van der Waals surface area contributed by atoms with Crippen molar-refractivity contribution in [3.05, 3.63) is 0 Å². The Hall–Kier alpha value is -0.610. The summed E-state index contributed by atoms with van der Waals surface area (Å²) in [5.41, 5.74) is 0. The molecule has 0 radical (unpaired) electrons. The number of hydrogen-bond acceptors (Lipinski definition) is 3. The van der Waals surface area contributed by atoms with Crippen LogP contribution >= 0.6 is 0 Å². The third-order valence-corrected chi connectivity index (χ3v) is 1.84. The van der Waals surface area contributed by atoms with Gasteiger partial charge in [0.25, 0.3) is 0 Å². The maximum absolute atomic E-state index is 11.1. The molecule has 0 unspecified atom stereocenters. The van der Waals surface area contributed by atoms with Gasteiger partial charge in [0, 0.05) is 13.1 Å². The van der Waals surface area contributed by atoms with Gasteiger partial charge in [0.05, 0.1) is 12.5 Å². The van der Waals surface area contributed by atoms with E-state index >= 15 is 0 Å². The Morgan fingerprint density at radius 3 is 3.09 bits per heavy atom. The zero-order valence-corrected chi connectivity index (χ0v) is 6.47. The van der Waals surface area contributed by atoms with E-state index in [4.69, 9.17) is 5.11 Å². The van der Waals surface area contributed by atoms with E-state index in [2.05, 4.69) is 10.6 Å². The first-order valence-electron chi connectivity index (χ1n) is 3.94. The maximum atomic E-state index is 11.1. The molecular weight excluding hydrogens is 144 g/mol. The Morgan fingerprint density at radius 1 is 1.73 bits per heavy atom. The van der Waals surface area contributed by atoms with E-state index in [1.54, 1.807) is 0 Å². The van der Waals surface area contributed by atoms with Crippen LogP contribution in [0.15, 0.2) is 0 Å². The van der Waals surface area contributed by atoms with E-state index in [1.165, 1.54) is 0 Å². The molecule has 3 N–H and O–H groups in total. The van der Waals surface area contributed by atoms with E-state index < -0.39 is 0 Å². The highest BCUT2D eigenvalue weighted by Gasteiger charge is 2.21. The van der Waals surface area contributed by atoms with E-state index in [0.29, 0.717) is 6.54 Å². The number of carbonyl (C=O) groups excluding carboxylic acids is 1. The summed E-state index contributed by atoms with van der Waals surface area (Å²) in [4.78, 5) is 11.1. The van der Waals surface area contributed by atoms with Gasteiger partial charge in [-0.2, -0.15) is 0 Å². The van der Waals surface area contributed by atoms with Gasteiger partial charge in [-0.05, 0) is 13.0 Å². The average Bonchev–Trinajstić information content (AvgIpc) is 2.52. The fourth-order valence-corrected chi connectivity index (χ4v) is 1.20. The number of nitrogens with one attached hydrogen (secondary N) is 2. The first kappa shape index (κ1) is 8.49. The molecule has 1 saturated heterocycles. The third-order valence-electron chi connectivity index (χ3n) is 1.84. The van der Waals surface area contributed by atoms with Crippen LogP contribution in [0.5, 0.6) is 0 Å². The van der Waals surface area contributed by atoms with Crippen molar-refractivity contribution < 1.29 is 9.90 Å². The maximum Gasteiger partial charge on any atom is 0.224 e. The molecule has 11 heavy (non-hydrogen) atoms. The van der Waals surface area contributed by atoms with Gasteiger partial charge in [0.2, 0.25) is 5.91 Å². The molecule has 0 aromatic carbocycles. The minimum Gasteiger partial charge on any atom is -0.395 e. The molecule has 1 fully saturated rings. The lowest BCUT2D eigenvalue weighted by Gasteiger charge is -2.07. The van der Waals surface area contributed by atoms with Gasteiger partial charge in [-0.15, -0.1) is 0 Å². The second-order valence-corrected chi connectivity index (χ2v) is 2.70. The van der Waals surface area contributed by atoms with Crippen molar-refractivity contribution in [1.29, 1.82) is 0 Å². The summed E-state index contributed by atoms with van der Waals surface area (Å²) in [6, 6.07) is 0. The molecule has 1 amide bonds. The molecule has 64 valence electrons. The normalized spacial score (nSPS) is 23.5. The molecule has 1 aliphatic rings. The fourth-order valence-electron chi connectivity index (χ4n) is 1.20. The lowest BCUT2D eigenvalue weighted by Crippen LogP contribution is -2.33. The summed E-state index contributed by atoms with van der Waals surface area (Å²) in [6.07, 6.45) is 0.914. The van der Waals surface area contributed by atoms with Crippen molar-refractivity contribution in [2.75, 3.05) is 26.2 Å². The predicted octanol–water partition coefficient (Wildman–Crippen LogP) is -1.30. The Morgan fingerprint density at radius 2 is 2.55 bits per heavy atom. The van der Waals surface area contributed by atoms with Gasteiger partial charge in [0.1, 0.15) is 0 Å². The SMILES string of the molecule is O=C(NCCO)[C@H]1CCNC1. The first-order valence-corrected chi connectivity index (χ1v) is 3.94. The minimum absolute atomic E-state index is 0.0197. The zero-order chi connectivity index (χ0) is 8.10. The molecule has 1 rings (SSSR count). The molecule has 0 bridgehead atoms. The van der Waals surface area contributed by atoms with Crippen molar-refractivity contribution in [3.63, 3.8) is 0 Å². The molecule has 4 heteroatoms. The largest absolute Gasteiger partial charge is 0.395 e. The quantitative estimate of drug-likeness (QED) is 0.478. The molecule has 0 aromatic heterocycles. The van der Waals surface area contributed by atoms with Crippen LogP contribution in [0, 0.1) is 5.92 Å². The molecule has 0 spiro atoms. The van der Waals surface area contributed by atoms with Crippen molar-refractivity contribution in [3.8, 4) is 0 Å². The Balaban J connectivity index is 2.17. The van der Waals surface area contributed by atoms with Crippen LogP contribution in [0.1, 0.15) is 6.42 Å². The molecule has 1 atom stereocenters. The first-order chi connectivity index (χ1) is 5.34. The molecule has 0 aliphatic carbocycles. The van der Waals surface area contributed by atoms with Gasteiger partial charge in [0.15, 0.2) is 0 Å². The molecule has 1 heterocycles. The summed E-state index contributed by atoms with van der Waals surface area (Å²) >= 11 is 0. The number of aliphatic hydroxyl groups excluding tert-OH is 1. The highest BCUT2D eigenvalue weighted by molar-refractivity contribution is 5.79. The topological polar surface area (TPSA) is 61.4 Å². The van der Waals surface area contributed by atoms with E-state index in [-0.39, 0.29) is 18.4 Å². The van der Waals surface area contributed by atoms with Crippen LogP contribution in [0.2, 0.25) is 0 Å². The second kappa shape index (κ2) is 4.31. The Bertz CT molecular complexity index is 132. The molecular formula is C7H14N2O2. The van der Waals surface area contributed by atoms with Crippen LogP contribution < -0.4 is 10.6 Å². The minimum atomic E-state index is 0.0197. The summed E-state index contributed by atoms with van der Waals surface area (Å²) in [7, 11) is 0.